The highest BCUT2D eigenvalue weighted by atomic mass is 16.2. The van der Waals surface area contributed by atoms with Crippen molar-refractivity contribution >= 4 is 11.8 Å². The molecule has 4 aliphatic carbocycles. The van der Waals surface area contributed by atoms with Crippen LogP contribution in [0.4, 0.5) is 0 Å². The number of hydrogen-bond donors (Lipinski definition) is 2. The van der Waals surface area contributed by atoms with Crippen molar-refractivity contribution in [2.75, 3.05) is 13.1 Å². The molecule has 0 aliphatic heterocycles. The lowest BCUT2D eigenvalue weighted by atomic mass is 9.49. The first-order valence-electron chi connectivity index (χ1n) is 8.62. The van der Waals surface area contributed by atoms with Gasteiger partial charge in [-0.05, 0) is 61.7 Å². The average Bonchev–Trinajstić information content (AvgIpc) is 2.41. The molecule has 0 aromatic rings. The molecule has 4 heteroatoms. The van der Waals surface area contributed by atoms with E-state index in [9.17, 15) is 9.59 Å². The number of rotatable bonds is 6. The summed E-state index contributed by atoms with van der Waals surface area (Å²) in [5, 5.41) is 5.78. The zero-order chi connectivity index (χ0) is 14.9. The van der Waals surface area contributed by atoms with Gasteiger partial charge in [0.05, 0.1) is 0 Å². The fourth-order valence-corrected chi connectivity index (χ4v) is 5.44. The summed E-state index contributed by atoms with van der Waals surface area (Å²) in [5.74, 6) is 2.92. The molecule has 0 atom stereocenters. The van der Waals surface area contributed by atoms with E-state index < -0.39 is 0 Å². The Hall–Kier alpha value is -1.06. The van der Waals surface area contributed by atoms with Crippen molar-refractivity contribution in [3.8, 4) is 0 Å². The third kappa shape index (κ3) is 3.41. The Morgan fingerprint density at radius 2 is 1.38 bits per heavy atom. The summed E-state index contributed by atoms with van der Waals surface area (Å²) in [6.07, 6.45) is 9.30. The molecule has 0 radical (unpaired) electrons. The molecule has 118 valence electrons. The van der Waals surface area contributed by atoms with E-state index in [0.29, 0.717) is 31.3 Å². The van der Waals surface area contributed by atoms with Crippen molar-refractivity contribution in [2.24, 2.45) is 23.2 Å². The summed E-state index contributed by atoms with van der Waals surface area (Å²) in [6.45, 7) is 2.93. The van der Waals surface area contributed by atoms with Crippen LogP contribution in [0.1, 0.15) is 58.3 Å². The molecular formula is C17H28N2O2. The minimum absolute atomic E-state index is 0.0466. The van der Waals surface area contributed by atoms with Crippen molar-refractivity contribution in [3.63, 3.8) is 0 Å². The lowest BCUT2D eigenvalue weighted by Gasteiger charge is -2.56. The van der Waals surface area contributed by atoms with Gasteiger partial charge in [-0.25, -0.2) is 0 Å². The highest BCUT2D eigenvalue weighted by molar-refractivity contribution is 5.77. The average molecular weight is 292 g/mol. The molecule has 21 heavy (non-hydrogen) atoms. The smallest absolute Gasteiger partial charge is 0.220 e. The zero-order valence-electron chi connectivity index (χ0n) is 13.1. The molecular weight excluding hydrogens is 264 g/mol. The van der Waals surface area contributed by atoms with Crippen LogP contribution >= 0.6 is 0 Å². The fourth-order valence-electron chi connectivity index (χ4n) is 5.44. The lowest BCUT2D eigenvalue weighted by Crippen LogP contribution is -2.48. The summed E-state index contributed by atoms with van der Waals surface area (Å²) in [4.78, 5) is 23.3. The normalized spacial score (nSPS) is 36.5. The van der Waals surface area contributed by atoms with Gasteiger partial charge in [-0.2, -0.15) is 0 Å². The zero-order valence-corrected chi connectivity index (χ0v) is 13.1. The molecule has 0 unspecified atom stereocenters. The first-order valence-corrected chi connectivity index (χ1v) is 8.62. The highest BCUT2D eigenvalue weighted by Crippen LogP contribution is 2.61. The van der Waals surface area contributed by atoms with Crippen LogP contribution in [0.2, 0.25) is 0 Å². The van der Waals surface area contributed by atoms with E-state index in [-0.39, 0.29) is 11.8 Å². The first kappa shape index (κ1) is 14.9. The van der Waals surface area contributed by atoms with Gasteiger partial charge in [-0.3, -0.25) is 9.59 Å². The van der Waals surface area contributed by atoms with E-state index in [4.69, 9.17) is 0 Å². The molecule has 2 amide bonds. The molecule has 2 N–H and O–H groups in total. The Morgan fingerprint density at radius 1 is 0.905 bits per heavy atom. The molecule has 4 aliphatic rings. The van der Waals surface area contributed by atoms with Crippen molar-refractivity contribution in [3.05, 3.63) is 0 Å². The molecule has 0 saturated heterocycles. The van der Waals surface area contributed by atoms with Crippen LogP contribution in [-0.4, -0.2) is 24.9 Å². The third-order valence-corrected chi connectivity index (χ3v) is 5.79. The fraction of sp³-hybridized carbons (Fsp3) is 0.882. The highest BCUT2D eigenvalue weighted by Gasteiger charge is 2.51. The minimum atomic E-state index is 0.0466. The molecule has 0 spiro atoms. The number of amides is 2. The number of nitrogens with one attached hydrogen (secondary N) is 2. The van der Waals surface area contributed by atoms with Gasteiger partial charge in [-0.15, -0.1) is 0 Å². The largest absolute Gasteiger partial charge is 0.354 e. The second kappa shape index (κ2) is 5.98. The van der Waals surface area contributed by atoms with Gasteiger partial charge in [0, 0.05) is 25.9 Å². The van der Waals surface area contributed by atoms with Crippen molar-refractivity contribution in [1.29, 1.82) is 0 Å². The summed E-state index contributed by atoms with van der Waals surface area (Å²) in [7, 11) is 0. The Kier molecular flexibility index (Phi) is 4.23. The van der Waals surface area contributed by atoms with Crippen molar-refractivity contribution < 1.29 is 9.59 Å². The monoisotopic (exact) mass is 292 g/mol. The maximum atomic E-state index is 12.2. The minimum Gasteiger partial charge on any atom is -0.354 e. The van der Waals surface area contributed by atoms with Gasteiger partial charge in [-0.1, -0.05) is 6.92 Å². The predicted octanol–water partition coefficient (Wildman–Crippen LogP) is 2.24. The summed E-state index contributed by atoms with van der Waals surface area (Å²) in [6, 6.07) is 0. The summed E-state index contributed by atoms with van der Waals surface area (Å²) in [5.41, 5.74) is 0.311. The van der Waals surface area contributed by atoms with Crippen molar-refractivity contribution in [1.82, 2.24) is 10.6 Å². The van der Waals surface area contributed by atoms with E-state index in [1.165, 1.54) is 38.5 Å². The van der Waals surface area contributed by atoms with Crippen LogP contribution in [0.5, 0.6) is 0 Å². The van der Waals surface area contributed by atoms with Gasteiger partial charge >= 0.3 is 0 Å². The summed E-state index contributed by atoms with van der Waals surface area (Å²) < 4.78 is 0. The maximum Gasteiger partial charge on any atom is 0.220 e. The summed E-state index contributed by atoms with van der Waals surface area (Å²) >= 11 is 0. The standard InChI is InChI=1S/C17H28N2O2/c1-2-15(20)18-3-4-19-16(21)11-17-8-12-5-13(9-17)7-14(6-12)10-17/h12-14H,2-11H2,1H3,(H,18,20)(H,19,21). The first-order chi connectivity index (χ1) is 10.1. The van der Waals surface area contributed by atoms with Crippen LogP contribution in [0.15, 0.2) is 0 Å². The molecule has 4 rings (SSSR count). The van der Waals surface area contributed by atoms with Crippen molar-refractivity contribution in [2.45, 2.75) is 58.3 Å². The maximum absolute atomic E-state index is 12.2. The Bertz CT molecular complexity index is 384. The Morgan fingerprint density at radius 3 is 1.86 bits per heavy atom. The van der Waals surface area contributed by atoms with Gasteiger partial charge in [0.2, 0.25) is 11.8 Å². The van der Waals surface area contributed by atoms with Gasteiger partial charge in [0.15, 0.2) is 0 Å². The van der Waals surface area contributed by atoms with Crippen LogP contribution < -0.4 is 10.6 Å². The molecule has 4 bridgehead atoms. The quantitative estimate of drug-likeness (QED) is 0.738. The van der Waals surface area contributed by atoms with E-state index in [0.717, 1.165) is 17.8 Å². The van der Waals surface area contributed by atoms with E-state index in [1.54, 1.807) is 0 Å². The number of carbonyl (C=O) groups excluding carboxylic acids is 2. The molecule has 4 saturated carbocycles. The molecule has 4 fully saturated rings. The molecule has 0 aromatic heterocycles. The topological polar surface area (TPSA) is 58.2 Å². The second-order valence-electron chi connectivity index (χ2n) is 7.65. The van der Waals surface area contributed by atoms with Gasteiger partial charge in [0.25, 0.3) is 0 Å². The Labute approximate surface area is 127 Å². The van der Waals surface area contributed by atoms with Crippen LogP contribution in [0.25, 0.3) is 0 Å². The van der Waals surface area contributed by atoms with Gasteiger partial charge in [0.1, 0.15) is 0 Å². The van der Waals surface area contributed by atoms with Crippen LogP contribution in [0, 0.1) is 23.2 Å². The van der Waals surface area contributed by atoms with E-state index in [2.05, 4.69) is 10.6 Å². The lowest BCUT2D eigenvalue weighted by molar-refractivity contribution is -0.129. The van der Waals surface area contributed by atoms with Crippen LogP contribution in [0.3, 0.4) is 0 Å². The molecule has 0 heterocycles. The molecule has 0 aromatic carbocycles. The third-order valence-electron chi connectivity index (χ3n) is 5.79. The predicted molar refractivity (Wildman–Crippen MR) is 81.5 cm³/mol. The SMILES string of the molecule is CCC(=O)NCCNC(=O)CC12CC3CC(CC(C3)C1)C2. The second-order valence-corrected chi connectivity index (χ2v) is 7.65. The Balaban J connectivity index is 1.43. The molecule has 4 nitrogen and oxygen atoms in total. The van der Waals surface area contributed by atoms with E-state index in [1.807, 2.05) is 6.92 Å². The van der Waals surface area contributed by atoms with Crippen LogP contribution in [-0.2, 0) is 9.59 Å². The van der Waals surface area contributed by atoms with Gasteiger partial charge < -0.3 is 10.6 Å². The number of carbonyl (C=O) groups is 2. The van der Waals surface area contributed by atoms with E-state index >= 15 is 0 Å². The number of hydrogen-bond acceptors (Lipinski definition) is 2.